The van der Waals surface area contributed by atoms with Crippen molar-refractivity contribution in [2.45, 2.75) is 39.2 Å². The Morgan fingerprint density at radius 2 is 2.10 bits per heavy atom. The van der Waals surface area contributed by atoms with Crippen molar-refractivity contribution in [3.05, 3.63) is 0 Å². The summed E-state index contributed by atoms with van der Waals surface area (Å²) in [6.45, 7) is 5.71. The van der Waals surface area contributed by atoms with Gasteiger partial charge in [0, 0.05) is 12.6 Å². The Labute approximate surface area is 63.7 Å². The van der Waals surface area contributed by atoms with Gasteiger partial charge >= 0.3 is 0 Å². The molecule has 0 aliphatic rings. The second-order valence-corrected chi connectivity index (χ2v) is 2.76. The molecule has 1 atom stereocenters. The Morgan fingerprint density at radius 3 is 2.60 bits per heavy atom. The lowest BCUT2D eigenvalue weighted by molar-refractivity contribution is 0.121. The van der Waals surface area contributed by atoms with Crippen molar-refractivity contribution < 1.29 is 4.74 Å². The topological polar surface area (TPSA) is 35.2 Å². The monoisotopic (exact) mass is 145 g/mol. The summed E-state index contributed by atoms with van der Waals surface area (Å²) in [6.07, 6.45) is 3.68. The molecule has 0 aromatic heterocycles. The van der Waals surface area contributed by atoms with Crippen LogP contribution in [0, 0.1) is 0 Å². The zero-order valence-electron chi connectivity index (χ0n) is 7.10. The average Bonchev–Trinajstić information content (AvgIpc) is 1.87. The molecule has 0 saturated carbocycles. The number of hydrogen-bond donors (Lipinski definition) is 1. The molecule has 0 rings (SSSR count). The predicted octanol–water partition coefficient (Wildman–Crippen LogP) is 1.54. The number of hydrogen-bond acceptors (Lipinski definition) is 2. The number of unbranched alkanes of at least 4 members (excludes halogenated alkanes) is 2. The fourth-order valence-corrected chi connectivity index (χ4v) is 0.723. The van der Waals surface area contributed by atoms with Crippen molar-refractivity contribution in [2.75, 3.05) is 13.2 Å². The maximum absolute atomic E-state index is 5.48. The average molecular weight is 145 g/mol. The van der Waals surface area contributed by atoms with Gasteiger partial charge in [0.25, 0.3) is 0 Å². The SMILES string of the molecule is CCCCCOCC(C)N. The minimum Gasteiger partial charge on any atom is -0.380 e. The van der Waals surface area contributed by atoms with E-state index in [0.717, 1.165) is 6.61 Å². The molecule has 1 unspecified atom stereocenters. The lowest BCUT2D eigenvalue weighted by atomic mass is 10.3. The minimum absolute atomic E-state index is 0.182. The Hall–Kier alpha value is -0.0800. The van der Waals surface area contributed by atoms with Gasteiger partial charge in [-0.2, -0.15) is 0 Å². The van der Waals surface area contributed by atoms with E-state index in [2.05, 4.69) is 6.92 Å². The maximum atomic E-state index is 5.48. The largest absolute Gasteiger partial charge is 0.380 e. The van der Waals surface area contributed by atoms with Crippen LogP contribution in [-0.2, 0) is 4.74 Å². The maximum Gasteiger partial charge on any atom is 0.0614 e. The standard InChI is InChI=1S/C8H19NO/c1-3-4-5-6-10-7-8(2)9/h8H,3-7,9H2,1-2H3. The summed E-state index contributed by atoms with van der Waals surface area (Å²) >= 11 is 0. The Morgan fingerprint density at radius 1 is 1.40 bits per heavy atom. The van der Waals surface area contributed by atoms with Gasteiger partial charge in [0.2, 0.25) is 0 Å². The quantitative estimate of drug-likeness (QED) is 0.575. The molecule has 0 aliphatic heterocycles. The number of ether oxygens (including phenoxy) is 1. The first-order chi connectivity index (χ1) is 4.77. The first-order valence-electron chi connectivity index (χ1n) is 4.10. The molecule has 0 aromatic carbocycles. The zero-order chi connectivity index (χ0) is 7.82. The van der Waals surface area contributed by atoms with Crippen molar-refractivity contribution in [2.24, 2.45) is 5.73 Å². The summed E-state index contributed by atoms with van der Waals surface area (Å²) in [5.74, 6) is 0. The lowest BCUT2D eigenvalue weighted by Gasteiger charge is -2.05. The van der Waals surface area contributed by atoms with Gasteiger partial charge in [0.15, 0.2) is 0 Å². The van der Waals surface area contributed by atoms with Crippen LogP contribution in [0.1, 0.15) is 33.1 Å². The Kier molecular flexibility index (Phi) is 6.98. The molecule has 0 aliphatic carbocycles. The normalized spacial score (nSPS) is 13.5. The molecule has 0 radical (unpaired) electrons. The summed E-state index contributed by atoms with van der Waals surface area (Å²) in [7, 11) is 0. The predicted molar refractivity (Wildman–Crippen MR) is 44.0 cm³/mol. The smallest absolute Gasteiger partial charge is 0.0614 e. The van der Waals surface area contributed by atoms with Crippen molar-refractivity contribution >= 4 is 0 Å². The van der Waals surface area contributed by atoms with E-state index in [1.165, 1.54) is 19.3 Å². The van der Waals surface area contributed by atoms with Crippen LogP contribution < -0.4 is 5.73 Å². The molecule has 62 valence electrons. The van der Waals surface area contributed by atoms with E-state index in [1.54, 1.807) is 0 Å². The van der Waals surface area contributed by atoms with Crippen molar-refractivity contribution in [3.8, 4) is 0 Å². The Bertz CT molecular complexity index is 64.3. The van der Waals surface area contributed by atoms with Crippen LogP contribution in [0.2, 0.25) is 0 Å². The van der Waals surface area contributed by atoms with Gasteiger partial charge in [0.1, 0.15) is 0 Å². The first kappa shape index (κ1) is 9.92. The summed E-state index contributed by atoms with van der Waals surface area (Å²) in [5, 5.41) is 0. The molecule has 0 bridgehead atoms. The molecular formula is C8H19NO. The van der Waals surface area contributed by atoms with Gasteiger partial charge in [-0.15, -0.1) is 0 Å². The molecule has 0 amide bonds. The highest BCUT2D eigenvalue weighted by Gasteiger charge is 1.92. The number of rotatable bonds is 6. The molecule has 0 fully saturated rings. The highest BCUT2D eigenvalue weighted by molar-refractivity contribution is 4.48. The first-order valence-corrected chi connectivity index (χ1v) is 4.10. The third-order valence-corrected chi connectivity index (χ3v) is 1.27. The van der Waals surface area contributed by atoms with Crippen LogP contribution in [0.5, 0.6) is 0 Å². The Balaban J connectivity index is 2.77. The van der Waals surface area contributed by atoms with Crippen LogP contribution in [0.3, 0.4) is 0 Å². The summed E-state index contributed by atoms with van der Waals surface area (Å²) < 4.78 is 5.27. The third kappa shape index (κ3) is 7.92. The van der Waals surface area contributed by atoms with Crippen LogP contribution in [0.15, 0.2) is 0 Å². The molecule has 0 spiro atoms. The fraction of sp³-hybridized carbons (Fsp3) is 1.00. The molecular weight excluding hydrogens is 126 g/mol. The van der Waals surface area contributed by atoms with E-state index in [0.29, 0.717) is 6.61 Å². The van der Waals surface area contributed by atoms with Crippen LogP contribution in [-0.4, -0.2) is 19.3 Å². The van der Waals surface area contributed by atoms with Crippen LogP contribution in [0.25, 0.3) is 0 Å². The van der Waals surface area contributed by atoms with Crippen molar-refractivity contribution in [3.63, 3.8) is 0 Å². The van der Waals surface area contributed by atoms with E-state index in [-0.39, 0.29) is 6.04 Å². The van der Waals surface area contributed by atoms with Crippen LogP contribution in [0.4, 0.5) is 0 Å². The third-order valence-electron chi connectivity index (χ3n) is 1.27. The zero-order valence-corrected chi connectivity index (χ0v) is 7.10. The second-order valence-electron chi connectivity index (χ2n) is 2.76. The molecule has 0 saturated heterocycles. The van der Waals surface area contributed by atoms with E-state index in [4.69, 9.17) is 10.5 Å². The van der Waals surface area contributed by atoms with Gasteiger partial charge in [-0.1, -0.05) is 19.8 Å². The van der Waals surface area contributed by atoms with Gasteiger partial charge in [0.05, 0.1) is 6.61 Å². The van der Waals surface area contributed by atoms with Gasteiger partial charge < -0.3 is 10.5 Å². The molecule has 0 heterocycles. The molecule has 2 nitrogen and oxygen atoms in total. The second kappa shape index (κ2) is 7.03. The molecule has 0 aromatic rings. The van der Waals surface area contributed by atoms with Crippen LogP contribution >= 0.6 is 0 Å². The van der Waals surface area contributed by atoms with Crippen molar-refractivity contribution in [1.82, 2.24) is 0 Å². The summed E-state index contributed by atoms with van der Waals surface area (Å²) in [5.41, 5.74) is 5.48. The van der Waals surface area contributed by atoms with E-state index < -0.39 is 0 Å². The molecule has 2 N–H and O–H groups in total. The summed E-state index contributed by atoms with van der Waals surface area (Å²) in [4.78, 5) is 0. The van der Waals surface area contributed by atoms with Gasteiger partial charge in [-0.25, -0.2) is 0 Å². The van der Waals surface area contributed by atoms with E-state index in [9.17, 15) is 0 Å². The summed E-state index contributed by atoms with van der Waals surface area (Å²) in [6, 6.07) is 0.182. The minimum atomic E-state index is 0.182. The van der Waals surface area contributed by atoms with E-state index >= 15 is 0 Å². The number of nitrogens with two attached hydrogens (primary N) is 1. The highest BCUT2D eigenvalue weighted by Crippen LogP contribution is 1.93. The fourth-order valence-electron chi connectivity index (χ4n) is 0.723. The highest BCUT2D eigenvalue weighted by atomic mass is 16.5. The molecule has 2 heteroatoms. The lowest BCUT2D eigenvalue weighted by Crippen LogP contribution is -2.22. The molecule has 10 heavy (non-hydrogen) atoms. The van der Waals surface area contributed by atoms with Gasteiger partial charge in [-0.05, 0) is 13.3 Å². The van der Waals surface area contributed by atoms with Crippen molar-refractivity contribution in [1.29, 1.82) is 0 Å². The van der Waals surface area contributed by atoms with E-state index in [1.807, 2.05) is 6.92 Å². The van der Waals surface area contributed by atoms with Gasteiger partial charge in [-0.3, -0.25) is 0 Å².